The molecule has 0 unspecified atom stereocenters. The third-order valence-electron chi connectivity index (χ3n) is 4.19. The summed E-state index contributed by atoms with van der Waals surface area (Å²) in [4.78, 5) is 17.0. The smallest absolute Gasteiger partial charge is 0.255 e. The van der Waals surface area contributed by atoms with E-state index in [1.807, 2.05) is 31.2 Å². The minimum atomic E-state index is -0.298. The molecule has 0 saturated carbocycles. The number of halogens is 2. The summed E-state index contributed by atoms with van der Waals surface area (Å²) >= 11 is 12.4. The lowest BCUT2D eigenvalue weighted by Crippen LogP contribution is -2.12. The van der Waals surface area contributed by atoms with E-state index < -0.39 is 0 Å². The Morgan fingerprint density at radius 2 is 1.81 bits per heavy atom. The summed E-state index contributed by atoms with van der Waals surface area (Å²) in [5.74, 6) is 0.162. The molecule has 1 amide bonds. The Bertz CT molecular complexity index is 1140. The number of fused-ring (bicyclic) bond motifs is 1. The Morgan fingerprint density at radius 1 is 1.00 bits per heavy atom. The number of benzene rings is 3. The van der Waals surface area contributed by atoms with Crippen molar-refractivity contribution in [3.8, 4) is 11.5 Å². The van der Waals surface area contributed by atoms with Gasteiger partial charge in [-0.15, -0.1) is 0 Å². The van der Waals surface area contributed by atoms with Crippen LogP contribution >= 0.6 is 23.2 Å². The molecule has 0 aliphatic rings. The van der Waals surface area contributed by atoms with E-state index in [1.165, 1.54) is 0 Å². The number of nitrogens with zero attached hydrogens (tertiary/aromatic N) is 1. The zero-order valence-corrected chi connectivity index (χ0v) is 15.8. The molecular formula is C21H14Cl2N2O2. The van der Waals surface area contributed by atoms with Gasteiger partial charge in [0.1, 0.15) is 5.52 Å². The van der Waals surface area contributed by atoms with E-state index in [-0.39, 0.29) is 5.91 Å². The number of carbonyl (C=O) groups excluding carboxylic acids is 1. The second kappa shape index (κ2) is 7.06. The summed E-state index contributed by atoms with van der Waals surface area (Å²) < 4.78 is 5.78. The molecule has 1 heterocycles. The lowest BCUT2D eigenvalue weighted by atomic mass is 10.1. The van der Waals surface area contributed by atoms with E-state index in [1.54, 1.807) is 36.4 Å². The van der Waals surface area contributed by atoms with Gasteiger partial charge in [0.15, 0.2) is 5.58 Å². The number of amides is 1. The number of oxazole rings is 1. The summed E-state index contributed by atoms with van der Waals surface area (Å²) in [5.41, 5.74) is 4.01. The van der Waals surface area contributed by atoms with E-state index >= 15 is 0 Å². The summed E-state index contributed by atoms with van der Waals surface area (Å²) in [6.45, 7) is 1.88. The first-order chi connectivity index (χ1) is 13.0. The molecule has 134 valence electrons. The zero-order chi connectivity index (χ0) is 19.0. The van der Waals surface area contributed by atoms with Gasteiger partial charge in [-0.05, 0) is 55.0 Å². The molecule has 1 aromatic heterocycles. The van der Waals surface area contributed by atoms with Crippen LogP contribution in [0.25, 0.3) is 22.6 Å². The van der Waals surface area contributed by atoms with Crippen molar-refractivity contribution in [2.75, 3.05) is 5.32 Å². The number of rotatable bonds is 3. The fourth-order valence-electron chi connectivity index (χ4n) is 2.68. The van der Waals surface area contributed by atoms with Crippen LogP contribution in [0.5, 0.6) is 0 Å². The number of hydrogen-bond acceptors (Lipinski definition) is 3. The van der Waals surface area contributed by atoms with Crippen LogP contribution in [0.3, 0.4) is 0 Å². The van der Waals surface area contributed by atoms with Crippen LogP contribution in [-0.4, -0.2) is 10.9 Å². The Labute approximate surface area is 165 Å². The van der Waals surface area contributed by atoms with Gasteiger partial charge in [0, 0.05) is 16.1 Å². The van der Waals surface area contributed by atoms with Gasteiger partial charge in [-0.1, -0.05) is 41.4 Å². The van der Waals surface area contributed by atoms with Gasteiger partial charge in [-0.2, -0.15) is 0 Å². The first kappa shape index (κ1) is 17.6. The molecule has 4 nitrogen and oxygen atoms in total. The van der Waals surface area contributed by atoms with Gasteiger partial charge >= 0.3 is 0 Å². The minimum Gasteiger partial charge on any atom is -0.436 e. The molecule has 4 aromatic rings. The third kappa shape index (κ3) is 3.54. The zero-order valence-electron chi connectivity index (χ0n) is 14.3. The number of anilines is 1. The molecule has 0 bridgehead atoms. The highest BCUT2D eigenvalue weighted by Gasteiger charge is 2.13. The molecule has 0 aliphatic carbocycles. The SMILES string of the molecule is Cc1ccc(C(=O)Nc2cc(-c3nc4ccccc4o3)ccc2Cl)cc1Cl. The van der Waals surface area contributed by atoms with Crippen molar-refractivity contribution >= 4 is 45.9 Å². The van der Waals surface area contributed by atoms with E-state index in [0.29, 0.717) is 38.3 Å². The van der Waals surface area contributed by atoms with E-state index in [9.17, 15) is 4.79 Å². The number of nitrogens with one attached hydrogen (secondary N) is 1. The first-order valence-corrected chi connectivity index (χ1v) is 9.00. The lowest BCUT2D eigenvalue weighted by Gasteiger charge is -2.09. The molecule has 0 atom stereocenters. The fraction of sp³-hybridized carbons (Fsp3) is 0.0476. The minimum absolute atomic E-state index is 0.298. The van der Waals surface area contributed by atoms with Crippen LogP contribution in [0.15, 0.2) is 65.1 Å². The highest BCUT2D eigenvalue weighted by Crippen LogP contribution is 2.31. The van der Waals surface area contributed by atoms with Gasteiger partial charge in [-0.3, -0.25) is 4.79 Å². The third-order valence-corrected chi connectivity index (χ3v) is 4.93. The number of aryl methyl sites for hydroxylation is 1. The second-order valence-corrected chi connectivity index (χ2v) is 6.91. The molecule has 0 aliphatic heterocycles. The quantitative estimate of drug-likeness (QED) is 0.438. The normalized spacial score (nSPS) is 10.9. The van der Waals surface area contributed by atoms with Gasteiger partial charge in [0.05, 0.1) is 10.7 Å². The molecule has 0 radical (unpaired) electrons. The monoisotopic (exact) mass is 396 g/mol. The second-order valence-electron chi connectivity index (χ2n) is 6.10. The molecule has 0 spiro atoms. The van der Waals surface area contributed by atoms with Crippen LogP contribution < -0.4 is 5.32 Å². The number of hydrogen-bond donors (Lipinski definition) is 1. The Balaban J connectivity index is 1.66. The van der Waals surface area contributed by atoms with Gasteiger partial charge < -0.3 is 9.73 Å². The summed E-state index contributed by atoms with van der Waals surface area (Å²) in [6, 6.07) is 17.9. The Kier molecular flexibility index (Phi) is 4.60. The van der Waals surface area contributed by atoms with Crippen molar-refractivity contribution in [2.45, 2.75) is 6.92 Å². The van der Waals surface area contributed by atoms with Crippen molar-refractivity contribution in [2.24, 2.45) is 0 Å². The summed E-state index contributed by atoms with van der Waals surface area (Å²) in [6.07, 6.45) is 0. The summed E-state index contributed by atoms with van der Waals surface area (Å²) in [5, 5.41) is 3.77. The van der Waals surface area contributed by atoms with E-state index in [4.69, 9.17) is 27.6 Å². The molecule has 3 aromatic carbocycles. The number of carbonyl (C=O) groups is 1. The first-order valence-electron chi connectivity index (χ1n) is 8.24. The topological polar surface area (TPSA) is 55.1 Å². The molecule has 0 fully saturated rings. The van der Waals surface area contributed by atoms with Gasteiger partial charge in [0.2, 0.25) is 5.89 Å². The van der Waals surface area contributed by atoms with E-state index in [0.717, 1.165) is 11.1 Å². The van der Waals surface area contributed by atoms with Crippen molar-refractivity contribution < 1.29 is 9.21 Å². The lowest BCUT2D eigenvalue weighted by molar-refractivity contribution is 0.102. The summed E-state index contributed by atoms with van der Waals surface area (Å²) in [7, 11) is 0. The van der Waals surface area contributed by atoms with E-state index in [2.05, 4.69) is 10.3 Å². The number of aromatic nitrogens is 1. The highest BCUT2D eigenvalue weighted by atomic mass is 35.5. The van der Waals surface area contributed by atoms with Crippen molar-refractivity contribution in [3.05, 3.63) is 81.8 Å². The van der Waals surface area contributed by atoms with Crippen molar-refractivity contribution in [1.82, 2.24) is 4.98 Å². The average Bonchev–Trinajstić information content (AvgIpc) is 3.10. The maximum atomic E-state index is 12.6. The number of para-hydroxylation sites is 2. The van der Waals surface area contributed by atoms with Crippen LogP contribution in [0.1, 0.15) is 15.9 Å². The Morgan fingerprint density at radius 3 is 2.59 bits per heavy atom. The van der Waals surface area contributed by atoms with Crippen molar-refractivity contribution in [1.29, 1.82) is 0 Å². The fourth-order valence-corrected chi connectivity index (χ4v) is 3.02. The van der Waals surface area contributed by atoms with Crippen LogP contribution in [-0.2, 0) is 0 Å². The molecular weight excluding hydrogens is 383 g/mol. The predicted molar refractivity (Wildman–Crippen MR) is 109 cm³/mol. The van der Waals surface area contributed by atoms with Gasteiger partial charge in [0.25, 0.3) is 5.91 Å². The van der Waals surface area contributed by atoms with Crippen LogP contribution in [0, 0.1) is 6.92 Å². The standard InChI is InChI=1S/C21H14Cl2N2O2/c1-12-6-7-13(10-16(12)23)20(26)24-18-11-14(8-9-15(18)22)21-25-17-4-2-3-5-19(17)27-21/h2-11H,1H3,(H,24,26). The predicted octanol–water partition coefficient (Wildman–Crippen LogP) is 6.36. The Hall–Kier alpha value is -2.82. The molecule has 1 N–H and O–H groups in total. The molecule has 6 heteroatoms. The average molecular weight is 397 g/mol. The maximum absolute atomic E-state index is 12.6. The largest absolute Gasteiger partial charge is 0.436 e. The van der Waals surface area contributed by atoms with Crippen LogP contribution in [0.4, 0.5) is 5.69 Å². The molecule has 4 rings (SSSR count). The highest BCUT2D eigenvalue weighted by molar-refractivity contribution is 6.34. The maximum Gasteiger partial charge on any atom is 0.255 e. The van der Waals surface area contributed by atoms with Gasteiger partial charge in [-0.25, -0.2) is 4.98 Å². The van der Waals surface area contributed by atoms with Crippen LogP contribution in [0.2, 0.25) is 10.0 Å². The molecule has 0 saturated heterocycles. The molecule has 27 heavy (non-hydrogen) atoms. The van der Waals surface area contributed by atoms with Crippen molar-refractivity contribution in [3.63, 3.8) is 0 Å².